The second kappa shape index (κ2) is 9.25. The molecule has 0 radical (unpaired) electrons. The minimum absolute atomic E-state index is 0.0314. The normalized spacial score (nSPS) is 15.4. The topological polar surface area (TPSA) is 41.4 Å². The summed E-state index contributed by atoms with van der Waals surface area (Å²) in [5, 5.41) is 8.59. The molecule has 6 rings (SSSR count). The summed E-state index contributed by atoms with van der Waals surface area (Å²) in [5.41, 5.74) is 5.94. The van der Waals surface area contributed by atoms with E-state index in [0.717, 1.165) is 49.9 Å². The molecular weight excluding hydrogens is 520 g/mol. The maximum Gasteiger partial charge on any atom is 0.247 e. The van der Waals surface area contributed by atoms with Crippen molar-refractivity contribution in [3.05, 3.63) is 124 Å². The number of aromatic nitrogens is 2. The van der Waals surface area contributed by atoms with Crippen LogP contribution < -0.4 is 5.01 Å². The quantitative estimate of drug-likeness (QED) is 0.232. The van der Waals surface area contributed by atoms with Crippen molar-refractivity contribution in [2.45, 2.75) is 12.5 Å². The van der Waals surface area contributed by atoms with Crippen LogP contribution >= 0.6 is 27.5 Å². The molecule has 170 valence electrons. The van der Waals surface area contributed by atoms with Gasteiger partial charge in [-0.15, -0.1) is 0 Å². The van der Waals surface area contributed by atoms with Crippen molar-refractivity contribution in [1.29, 1.82) is 0 Å². The predicted molar refractivity (Wildman–Crippen MR) is 147 cm³/mol. The van der Waals surface area contributed by atoms with Gasteiger partial charge in [0, 0.05) is 26.9 Å². The SMILES string of the molecule is Clc1ccc2nc(N3N=C(c4ccccc4)C[C@H]3c3cccc(Br)c3)nc(-c3ccccc3)c2c1. The van der Waals surface area contributed by atoms with Crippen molar-refractivity contribution in [3.63, 3.8) is 0 Å². The van der Waals surface area contributed by atoms with E-state index < -0.39 is 0 Å². The summed E-state index contributed by atoms with van der Waals surface area (Å²) in [6.07, 6.45) is 0.753. The van der Waals surface area contributed by atoms with Crippen LogP contribution in [0.25, 0.3) is 22.2 Å². The van der Waals surface area contributed by atoms with E-state index in [0.29, 0.717) is 11.0 Å². The lowest BCUT2D eigenvalue weighted by molar-refractivity contribution is 0.688. The molecule has 0 saturated heterocycles. The van der Waals surface area contributed by atoms with E-state index >= 15 is 0 Å². The summed E-state index contributed by atoms with van der Waals surface area (Å²) in [6, 6.07) is 34.5. The lowest BCUT2D eigenvalue weighted by Crippen LogP contribution is -2.21. The lowest BCUT2D eigenvalue weighted by atomic mass is 9.98. The molecule has 4 aromatic carbocycles. The third-order valence-corrected chi connectivity index (χ3v) is 6.88. The van der Waals surface area contributed by atoms with Gasteiger partial charge in [-0.25, -0.2) is 15.0 Å². The van der Waals surface area contributed by atoms with E-state index in [1.165, 1.54) is 0 Å². The third kappa shape index (κ3) is 4.33. The van der Waals surface area contributed by atoms with Crippen LogP contribution in [-0.4, -0.2) is 15.7 Å². The van der Waals surface area contributed by atoms with Crippen LogP contribution in [0.3, 0.4) is 0 Å². The predicted octanol–water partition coefficient (Wildman–Crippen LogP) is 8.07. The molecule has 1 aliphatic rings. The van der Waals surface area contributed by atoms with Crippen molar-refractivity contribution in [3.8, 4) is 11.3 Å². The van der Waals surface area contributed by atoms with Crippen LogP contribution in [0.15, 0.2) is 113 Å². The molecule has 6 heteroatoms. The molecule has 0 N–H and O–H groups in total. The van der Waals surface area contributed by atoms with Crippen LogP contribution in [0.4, 0.5) is 5.95 Å². The number of hydrazone groups is 1. The molecule has 2 heterocycles. The van der Waals surface area contributed by atoms with E-state index in [9.17, 15) is 0 Å². The molecule has 1 aliphatic heterocycles. The van der Waals surface area contributed by atoms with Gasteiger partial charge >= 0.3 is 0 Å². The Labute approximate surface area is 217 Å². The Kier molecular flexibility index (Phi) is 5.80. The molecule has 5 aromatic rings. The number of rotatable bonds is 4. The molecule has 35 heavy (non-hydrogen) atoms. The maximum atomic E-state index is 6.36. The van der Waals surface area contributed by atoms with Gasteiger partial charge in [0.15, 0.2) is 0 Å². The van der Waals surface area contributed by atoms with Crippen molar-refractivity contribution < 1.29 is 0 Å². The van der Waals surface area contributed by atoms with Crippen molar-refractivity contribution in [2.75, 3.05) is 5.01 Å². The minimum atomic E-state index is -0.0314. The summed E-state index contributed by atoms with van der Waals surface area (Å²) in [5.74, 6) is 0.564. The first-order valence-electron chi connectivity index (χ1n) is 11.4. The molecule has 0 unspecified atom stereocenters. The Bertz CT molecular complexity index is 1550. The minimum Gasteiger partial charge on any atom is -0.223 e. The van der Waals surface area contributed by atoms with Gasteiger partial charge in [0.2, 0.25) is 5.95 Å². The van der Waals surface area contributed by atoms with Crippen LogP contribution in [0.5, 0.6) is 0 Å². The second-order valence-corrected chi connectivity index (χ2v) is 9.78. The standard InChI is InChI=1S/C29H20BrClN4/c30-22-13-7-12-21(16-22)27-18-26(19-8-3-1-4-9-19)34-35(27)29-32-25-15-14-23(31)17-24(25)28(33-29)20-10-5-2-6-11-20/h1-17,27H,18H2/t27-/m0/s1. The number of nitrogens with zero attached hydrogens (tertiary/aromatic N) is 4. The molecule has 0 saturated carbocycles. The average Bonchev–Trinajstić information content (AvgIpc) is 3.35. The van der Waals surface area contributed by atoms with Gasteiger partial charge in [-0.05, 0) is 41.5 Å². The first-order valence-corrected chi connectivity index (χ1v) is 12.5. The van der Waals surface area contributed by atoms with E-state index in [2.05, 4.69) is 58.4 Å². The lowest BCUT2D eigenvalue weighted by Gasteiger charge is -2.23. The molecule has 1 aromatic heterocycles. The fourth-order valence-electron chi connectivity index (χ4n) is 4.48. The summed E-state index contributed by atoms with van der Waals surface area (Å²) in [4.78, 5) is 10.0. The molecule has 0 aliphatic carbocycles. The Balaban J connectivity index is 1.55. The number of halogens is 2. The van der Waals surface area contributed by atoms with Gasteiger partial charge in [0.1, 0.15) is 0 Å². The van der Waals surface area contributed by atoms with E-state index in [1.807, 2.05) is 65.7 Å². The zero-order valence-corrected chi connectivity index (χ0v) is 21.0. The zero-order chi connectivity index (χ0) is 23.8. The summed E-state index contributed by atoms with van der Waals surface area (Å²) in [7, 11) is 0. The first-order chi connectivity index (χ1) is 17.2. The third-order valence-electron chi connectivity index (χ3n) is 6.15. The van der Waals surface area contributed by atoms with E-state index in [-0.39, 0.29) is 6.04 Å². The highest BCUT2D eigenvalue weighted by atomic mass is 79.9. The molecule has 0 spiro atoms. The fourth-order valence-corrected chi connectivity index (χ4v) is 5.07. The monoisotopic (exact) mass is 538 g/mol. The Morgan fingerprint density at radius 1 is 0.771 bits per heavy atom. The van der Waals surface area contributed by atoms with Crippen LogP contribution in [0.2, 0.25) is 5.02 Å². The summed E-state index contributed by atoms with van der Waals surface area (Å²) >= 11 is 9.98. The van der Waals surface area contributed by atoms with Crippen LogP contribution in [0.1, 0.15) is 23.6 Å². The Morgan fingerprint density at radius 2 is 1.51 bits per heavy atom. The molecule has 4 nitrogen and oxygen atoms in total. The van der Waals surface area contributed by atoms with Crippen LogP contribution in [-0.2, 0) is 0 Å². The highest BCUT2D eigenvalue weighted by Crippen LogP contribution is 2.38. The molecule has 1 atom stereocenters. The average molecular weight is 540 g/mol. The number of hydrogen-bond acceptors (Lipinski definition) is 4. The van der Waals surface area contributed by atoms with E-state index in [1.54, 1.807) is 0 Å². The highest BCUT2D eigenvalue weighted by Gasteiger charge is 2.32. The molecular formula is C29H20BrClN4. The van der Waals surface area contributed by atoms with Gasteiger partial charge in [-0.3, -0.25) is 0 Å². The van der Waals surface area contributed by atoms with Crippen molar-refractivity contribution >= 4 is 50.1 Å². The zero-order valence-electron chi connectivity index (χ0n) is 18.6. The Morgan fingerprint density at radius 3 is 2.26 bits per heavy atom. The van der Waals surface area contributed by atoms with Gasteiger partial charge in [-0.2, -0.15) is 5.10 Å². The number of hydrogen-bond donors (Lipinski definition) is 0. The van der Waals surface area contributed by atoms with Crippen molar-refractivity contribution in [2.24, 2.45) is 5.10 Å². The first kappa shape index (κ1) is 22.0. The number of anilines is 1. The maximum absolute atomic E-state index is 6.36. The van der Waals surface area contributed by atoms with E-state index in [4.69, 9.17) is 26.7 Å². The van der Waals surface area contributed by atoms with Gasteiger partial charge < -0.3 is 0 Å². The summed E-state index contributed by atoms with van der Waals surface area (Å²) < 4.78 is 1.03. The van der Waals surface area contributed by atoms with Crippen molar-refractivity contribution in [1.82, 2.24) is 9.97 Å². The van der Waals surface area contributed by atoms with Gasteiger partial charge in [-0.1, -0.05) is 100 Å². The van der Waals surface area contributed by atoms with Gasteiger partial charge in [0.25, 0.3) is 0 Å². The number of fused-ring (bicyclic) bond motifs is 1. The smallest absolute Gasteiger partial charge is 0.223 e. The molecule has 0 bridgehead atoms. The van der Waals surface area contributed by atoms with Gasteiger partial charge in [0.05, 0.1) is 23.0 Å². The Hall–Kier alpha value is -3.54. The second-order valence-electron chi connectivity index (χ2n) is 8.43. The summed E-state index contributed by atoms with van der Waals surface area (Å²) in [6.45, 7) is 0. The molecule has 0 fully saturated rings. The number of benzene rings is 4. The molecule has 0 amide bonds. The van der Waals surface area contributed by atoms with Crippen LogP contribution in [0, 0.1) is 0 Å². The fraction of sp³-hybridized carbons (Fsp3) is 0.0690. The largest absolute Gasteiger partial charge is 0.247 e. The highest BCUT2D eigenvalue weighted by molar-refractivity contribution is 9.10.